The molecule has 0 fully saturated rings. The van der Waals surface area contributed by atoms with Crippen molar-refractivity contribution in [1.82, 2.24) is 5.32 Å². The number of amides is 1. The fraction of sp³-hybridized carbons (Fsp3) is 0.286. The Balaban J connectivity index is 2.50. The lowest BCUT2D eigenvalue weighted by Crippen LogP contribution is -2.17. The van der Waals surface area contributed by atoms with E-state index in [4.69, 9.17) is 0 Å². The summed E-state index contributed by atoms with van der Waals surface area (Å²) in [7, 11) is 3.36. The second kappa shape index (κ2) is 7.88. The van der Waals surface area contributed by atoms with Crippen LogP contribution < -0.4 is 5.32 Å². The van der Waals surface area contributed by atoms with Crippen LogP contribution in [-0.2, 0) is 4.79 Å². The van der Waals surface area contributed by atoms with E-state index < -0.39 is 0 Å². The molecule has 0 saturated heterocycles. The molecule has 0 saturated carbocycles. The predicted molar refractivity (Wildman–Crippen MR) is 103 cm³/mol. The van der Waals surface area contributed by atoms with Crippen molar-refractivity contribution in [2.75, 3.05) is 14.1 Å². The Morgan fingerprint density at radius 1 is 1.12 bits per heavy atom. The Labute approximate surface area is 149 Å². The Morgan fingerprint density at radius 3 is 2.24 bits per heavy atom. The minimum absolute atomic E-state index is 0.0782. The predicted octanol–water partition coefficient (Wildman–Crippen LogP) is 3.76. The van der Waals surface area contributed by atoms with E-state index in [9.17, 15) is 9.59 Å². The summed E-state index contributed by atoms with van der Waals surface area (Å²) in [6.45, 7) is 5.59. The third-order valence-corrected chi connectivity index (χ3v) is 4.44. The first-order valence-corrected chi connectivity index (χ1v) is 8.37. The van der Waals surface area contributed by atoms with E-state index in [0.29, 0.717) is 12.0 Å². The van der Waals surface area contributed by atoms with Crippen LogP contribution >= 0.6 is 0 Å². The molecule has 0 aromatic heterocycles. The van der Waals surface area contributed by atoms with Gasteiger partial charge in [0, 0.05) is 30.8 Å². The van der Waals surface area contributed by atoms with E-state index in [2.05, 4.69) is 10.3 Å². The van der Waals surface area contributed by atoms with Crippen molar-refractivity contribution in [3.8, 4) is 0 Å². The highest BCUT2D eigenvalue weighted by molar-refractivity contribution is 6.23. The molecule has 0 atom stereocenters. The largest absolute Gasteiger partial charge is 0.355 e. The standard InChI is InChI=1S/C21H24N2O2/c1-6-17(14(3)24)19-12-11-18(13(2)20(19)22-4)15-7-9-16(10-8-15)21(25)23-5/h7-12H,6H2,1-5H3,(H,23,25)/b19-17+,22-20?. The molecule has 1 aromatic rings. The van der Waals surface area contributed by atoms with Gasteiger partial charge in [0.15, 0.2) is 5.78 Å². The fourth-order valence-corrected chi connectivity index (χ4v) is 3.12. The zero-order valence-electron chi connectivity index (χ0n) is 15.4. The summed E-state index contributed by atoms with van der Waals surface area (Å²) in [5.74, 6) is -0.0269. The molecule has 130 valence electrons. The second-order valence-corrected chi connectivity index (χ2v) is 5.90. The number of benzene rings is 1. The maximum absolute atomic E-state index is 11.9. The van der Waals surface area contributed by atoms with E-state index in [1.54, 1.807) is 21.0 Å². The van der Waals surface area contributed by atoms with E-state index in [1.165, 1.54) is 0 Å². The van der Waals surface area contributed by atoms with Gasteiger partial charge in [0.05, 0.1) is 5.71 Å². The van der Waals surface area contributed by atoms with Crippen molar-refractivity contribution in [2.45, 2.75) is 27.2 Å². The molecule has 0 bridgehead atoms. The van der Waals surface area contributed by atoms with E-state index in [1.807, 2.05) is 50.3 Å². The van der Waals surface area contributed by atoms with Crippen LogP contribution in [0.4, 0.5) is 0 Å². The minimum atomic E-state index is -0.105. The summed E-state index contributed by atoms with van der Waals surface area (Å²) in [5.41, 5.74) is 6.26. The highest BCUT2D eigenvalue weighted by Gasteiger charge is 2.20. The van der Waals surface area contributed by atoms with Crippen LogP contribution in [0.1, 0.15) is 43.1 Å². The maximum atomic E-state index is 11.9. The van der Waals surface area contributed by atoms with Crippen LogP contribution in [0.5, 0.6) is 0 Å². The van der Waals surface area contributed by atoms with Gasteiger partial charge >= 0.3 is 0 Å². The Kier molecular flexibility index (Phi) is 5.86. The van der Waals surface area contributed by atoms with Gasteiger partial charge in [-0.3, -0.25) is 14.6 Å². The van der Waals surface area contributed by atoms with Crippen LogP contribution in [0.3, 0.4) is 0 Å². The summed E-state index contributed by atoms with van der Waals surface area (Å²) < 4.78 is 0. The van der Waals surface area contributed by atoms with Crippen LogP contribution in [0.15, 0.2) is 58.1 Å². The zero-order valence-corrected chi connectivity index (χ0v) is 15.4. The number of Topliss-reactive ketones (excluding diaryl/α,β-unsaturated/α-hetero) is 1. The van der Waals surface area contributed by atoms with Crippen molar-refractivity contribution in [1.29, 1.82) is 0 Å². The molecule has 0 heterocycles. The van der Waals surface area contributed by atoms with Crippen LogP contribution in [-0.4, -0.2) is 31.5 Å². The van der Waals surface area contributed by atoms with Crippen molar-refractivity contribution in [2.24, 2.45) is 4.99 Å². The smallest absolute Gasteiger partial charge is 0.251 e. The lowest BCUT2D eigenvalue weighted by molar-refractivity contribution is -0.113. The van der Waals surface area contributed by atoms with Crippen molar-refractivity contribution < 1.29 is 9.59 Å². The third-order valence-electron chi connectivity index (χ3n) is 4.44. The molecule has 0 radical (unpaired) electrons. The quantitative estimate of drug-likeness (QED) is 0.851. The average molecular weight is 336 g/mol. The number of nitrogens with zero attached hydrogens (tertiary/aromatic N) is 1. The molecule has 1 N–H and O–H groups in total. The molecule has 2 rings (SSSR count). The number of allylic oxidation sites excluding steroid dienone is 6. The molecular formula is C21H24N2O2. The Bertz CT molecular complexity index is 822. The SMILES string of the molecule is CC/C(C(C)=O)=C1/C=CC(c2ccc(C(=O)NC)cc2)=C(C)C1=NC. The van der Waals surface area contributed by atoms with Crippen molar-refractivity contribution in [3.63, 3.8) is 0 Å². The van der Waals surface area contributed by atoms with E-state index in [0.717, 1.165) is 33.6 Å². The van der Waals surface area contributed by atoms with Gasteiger partial charge < -0.3 is 5.32 Å². The lowest BCUT2D eigenvalue weighted by atomic mass is 9.85. The van der Waals surface area contributed by atoms with Crippen molar-refractivity contribution >= 4 is 23.0 Å². The molecule has 4 nitrogen and oxygen atoms in total. The van der Waals surface area contributed by atoms with Gasteiger partial charge in [-0.1, -0.05) is 31.2 Å². The fourth-order valence-electron chi connectivity index (χ4n) is 3.12. The monoisotopic (exact) mass is 336 g/mol. The lowest BCUT2D eigenvalue weighted by Gasteiger charge is -2.20. The van der Waals surface area contributed by atoms with Gasteiger partial charge in [-0.05, 0) is 49.1 Å². The summed E-state index contributed by atoms with van der Waals surface area (Å²) in [5, 5.41) is 2.62. The summed E-state index contributed by atoms with van der Waals surface area (Å²) in [6, 6.07) is 7.48. The molecule has 0 aliphatic heterocycles. The van der Waals surface area contributed by atoms with Crippen LogP contribution in [0.25, 0.3) is 5.57 Å². The minimum Gasteiger partial charge on any atom is -0.355 e. The van der Waals surface area contributed by atoms with Crippen LogP contribution in [0.2, 0.25) is 0 Å². The zero-order chi connectivity index (χ0) is 18.6. The van der Waals surface area contributed by atoms with Gasteiger partial charge in [0.1, 0.15) is 0 Å². The number of hydrogen-bond acceptors (Lipinski definition) is 3. The van der Waals surface area contributed by atoms with Gasteiger partial charge in [0.2, 0.25) is 0 Å². The maximum Gasteiger partial charge on any atom is 0.251 e. The third kappa shape index (κ3) is 3.68. The van der Waals surface area contributed by atoms with Gasteiger partial charge in [-0.25, -0.2) is 0 Å². The normalized spacial score (nSPS) is 17.7. The number of ketones is 1. The topological polar surface area (TPSA) is 58.5 Å². The first-order chi connectivity index (χ1) is 11.9. The molecule has 1 aromatic carbocycles. The van der Waals surface area contributed by atoms with E-state index >= 15 is 0 Å². The molecule has 4 heteroatoms. The first kappa shape index (κ1) is 18.6. The van der Waals surface area contributed by atoms with Crippen molar-refractivity contribution in [3.05, 3.63) is 64.3 Å². The second-order valence-electron chi connectivity index (χ2n) is 5.90. The highest BCUT2D eigenvalue weighted by atomic mass is 16.1. The molecule has 25 heavy (non-hydrogen) atoms. The molecule has 1 aliphatic rings. The molecule has 0 spiro atoms. The van der Waals surface area contributed by atoms with Crippen LogP contribution in [0, 0.1) is 0 Å². The average Bonchev–Trinajstić information content (AvgIpc) is 2.62. The van der Waals surface area contributed by atoms with Gasteiger partial charge in [-0.2, -0.15) is 0 Å². The number of carbonyl (C=O) groups excluding carboxylic acids is 2. The summed E-state index contributed by atoms with van der Waals surface area (Å²) >= 11 is 0. The number of aliphatic imine (C=N–C) groups is 1. The molecular weight excluding hydrogens is 312 g/mol. The Hall–Kier alpha value is -2.75. The van der Waals surface area contributed by atoms with E-state index in [-0.39, 0.29) is 11.7 Å². The number of hydrogen-bond donors (Lipinski definition) is 1. The summed E-state index contributed by atoms with van der Waals surface area (Å²) in [6.07, 6.45) is 4.67. The highest BCUT2D eigenvalue weighted by Crippen LogP contribution is 2.30. The first-order valence-electron chi connectivity index (χ1n) is 8.37. The van der Waals surface area contributed by atoms with Gasteiger partial charge in [-0.15, -0.1) is 0 Å². The molecule has 1 amide bonds. The molecule has 1 aliphatic carbocycles. The number of rotatable bonds is 4. The summed E-state index contributed by atoms with van der Waals surface area (Å²) in [4.78, 5) is 28.0. The molecule has 0 unspecified atom stereocenters. The Morgan fingerprint density at radius 2 is 1.76 bits per heavy atom. The number of carbonyl (C=O) groups is 2. The number of nitrogens with one attached hydrogen (secondary N) is 1. The van der Waals surface area contributed by atoms with Gasteiger partial charge in [0.25, 0.3) is 5.91 Å².